The zero-order valence-electron chi connectivity index (χ0n) is 12.4. The standard InChI is InChI=1S/C16H22F2N2O/c1-2-4-11-5-3-7-20(8-6-11)16(21)12-9-13(17)15(19)14(18)10-12/h9-11H,2-8,19H2,1H3. The maximum Gasteiger partial charge on any atom is 0.254 e. The summed E-state index contributed by atoms with van der Waals surface area (Å²) < 4.78 is 26.9. The normalized spacial score (nSPS) is 19.4. The minimum Gasteiger partial charge on any atom is -0.394 e. The van der Waals surface area contributed by atoms with Crippen LogP contribution in [0.5, 0.6) is 0 Å². The van der Waals surface area contributed by atoms with Gasteiger partial charge in [0.15, 0.2) is 0 Å². The maximum atomic E-state index is 13.5. The molecule has 0 aromatic heterocycles. The number of nitrogens with zero attached hydrogens (tertiary/aromatic N) is 1. The number of hydrogen-bond donors (Lipinski definition) is 1. The van der Waals surface area contributed by atoms with Gasteiger partial charge in [0.2, 0.25) is 0 Å². The van der Waals surface area contributed by atoms with Crippen LogP contribution in [-0.4, -0.2) is 23.9 Å². The van der Waals surface area contributed by atoms with Gasteiger partial charge < -0.3 is 10.6 Å². The SMILES string of the molecule is CCCC1CCCN(C(=O)c2cc(F)c(N)c(F)c2)CC1. The number of halogens is 2. The van der Waals surface area contributed by atoms with E-state index in [2.05, 4.69) is 6.92 Å². The van der Waals surface area contributed by atoms with Gasteiger partial charge in [-0.15, -0.1) is 0 Å². The lowest BCUT2D eigenvalue weighted by molar-refractivity contribution is 0.0759. The number of rotatable bonds is 3. The van der Waals surface area contributed by atoms with E-state index in [9.17, 15) is 13.6 Å². The lowest BCUT2D eigenvalue weighted by Crippen LogP contribution is -2.32. The van der Waals surface area contributed by atoms with E-state index < -0.39 is 17.3 Å². The fourth-order valence-corrected chi connectivity index (χ4v) is 2.96. The molecule has 2 rings (SSSR count). The third-order valence-corrected chi connectivity index (χ3v) is 4.16. The van der Waals surface area contributed by atoms with Crippen molar-refractivity contribution in [1.29, 1.82) is 0 Å². The molecule has 1 aromatic rings. The summed E-state index contributed by atoms with van der Waals surface area (Å²) in [6, 6.07) is 2.05. The number of likely N-dealkylation sites (tertiary alicyclic amines) is 1. The van der Waals surface area contributed by atoms with Crippen LogP contribution in [0.1, 0.15) is 49.4 Å². The largest absolute Gasteiger partial charge is 0.394 e. The van der Waals surface area contributed by atoms with E-state index in [4.69, 9.17) is 5.73 Å². The Hall–Kier alpha value is -1.65. The van der Waals surface area contributed by atoms with Gasteiger partial charge in [0, 0.05) is 18.7 Å². The summed E-state index contributed by atoms with van der Waals surface area (Å²) in [5.74, 6) is -1.42. The lowest BCUT2D eigenvalue weighted by atomic mass is 9.96. The molecular formula is C16H22F2N2O. The van der Waals surface area contributed by atoms with E-state index in [1.807, 2.05) is 0 Å². The van der Waals surface area contributed by atoms with Crippen LogP contribution in [-0.2, 0) is 0 Å². The topological polar surface area (TPSA) is 46.3 Å². The summed E-state index contributed by atoms with van der Waals surface area (Å²) in [5.41, 5.74) is 4.73. The number of carbonyl (C=O) groups is 1. The van der Waals surface area contributed by atoms with Crippen molar-refractivity contribution in [3.05, 3.63) is 29.3 Å². The average Bonchev–Trinajstić information content (AvgIpc) is 2.69. The summed E-state index contributed by atoms with van der Waals surface area (Å²) >= 11 is 0. The minimum absolute atomic E-state index is 0.0353. The van der Waals surface area contributed by atoms with Gasteiger partial charge in [0.1, 0.15) is 17.3 Å². The van der Waals surface area contributed by atoms with Crippen molar-refractivity contribution in [3.8, 4) is 0 Å². The number of nitrogen functional groups attached to an aromatic ring is 1. The summed E-state index contributed by atoms with van der Waals surface area (Å²) in [6.45, 7) is 3.46. The lowest BCUT2D eigenvalue weighted by Gasteiger charge is -2.21. The second kappa shape index (κ2) is 6.87. The number of benzene rings is 1. The molecule has 0 bridgehead atoms. The van der Waals surface area contributed by atoms with Crippen molar-refractivity contribution >= 4 is 11.6 Å². The molecule has 3 nitrogen and oxygen atoms in total. The summed E-state index contributed by atoms with van der Waals surface area (Å²) in [5, 5.41) is 0. The van der Waals surface area contributed by atoms with Crippen molar-refractivity contribution in [1.82, 2.24) is 4.90 Å². The first-order valence-corrected chi connectivity index (χ1v) is 7.56. The number of nitrogens with two attached hydrogens (primary N) is 1. The Morgan fingerprint density at radius 2 is 1.95 bits per heavy atom. The minimum atomic E-state index is -0.878. The predicted molar refractivity (Wildman–Crippen MR) is 78.9 cm³/mol. The van der Waals surface area contributed by atoms with Crippen LogP contribution in [0, 0.1) is 17.6 Å². The Balaban J connectivity index is 2.09. The molecule has 1 aromatic carbocycles. The van der Waals surface area contributed by atoms with E-state index >= 15 is 0 Å². The molecule has 1 aliphatic heterocycles. The summed E-state index contributed by atoms with van der Waals surface area (Å²) in [7, 11) is 0. The Labute approximate surface area is 124 Å². The predicted octanol–water partition coefficient (Wildman–Crippen LogP) is 3.59. The third kappa shape index (κ3) is 3.71. The van der Waals surface area contributed by atoms with Gasteiger partial charge >= 0.3 is 0 Å². The number of carbonyl (C=O) groups excluding carboxylic acids is 1. The molecule has 1 unspecified atom stereocenters. The molecule has 1 amide bonds. The first-order valence-electron chi connectivity index (χ1n) is 7.56. The van der Waals surface area contributed by atoms with E-state index in [1.165, 1.54) is 6.42 Å². The molecule has 1 heterocycles. The first kappa shape index (κ1) is 15.7. The molecule has 0 spiro atoms. The number of hydrogen-bond acceptors (Lipinski definition) is 2. The molecule has 21 heavy (non-hydrogen) atoms. The van der Waals surface area contributed by atoms with Crippen LogP contribution in [0.15, 0.2) is 12.1 Å². The highest BCUT2D eigenvalue weighted by Crippen LogP contribution is 2.24. The van der Waals surface area contributed by atoms with Gasteiger partial charge in [-0.2, -0.15) is 0 Å². The third-order valence-electron chi connectivity index (χ3n) is 4.16. The van der Waals surface area contributed by atoms with Crippen LogP contribution >= 0.6 is 0 Å². The fraction of sp³-hybridized carbons (Fsp3) is 0.562. The molecular weight excluding hydrogens is 274 g/mol. The molecule has 2 N–H and O–H groups in total. The smallest absolute Gasteiger partial charge is 0.254 e. The molecule has 0 radical (unpaired) electrons. The highest BCUT2D eigenvalue weighted by molar-refractivity contribution is 5.94. The fourth-order valence-electron chi connectivity index (χ4n) is 2.96. The van der Waals surface area contributed by atoms with Crippen molar-refractivity contribution in [3.63, 3.8) is 0 Å². The second-order valence-electron chi connectivity index (χ2n) is 5.73. The molecule has 5 heteroatoms. The average molecular weight is 296 g/mol. The van der Waals surface area contributed by atoms with Crippen LogP contribution in [0.2, 0.25) is 0 Å². The maximum absolute atomic E-state index is 13.5. The van der Waals surface area contributed by atoms with Crippen molar-refractivity contribution in [2.45, 2.75) is 39.0 Å². The van der Waals surface area contributed by atoms with Gasteiger partial charge in [-0.05, 0) is 37.3 Å². The Bertz CT molecular complexity index is 496. The molecule has 1 fully saturated rings. The van der Waals surface area contributed by atoms with Gasteiger partial charge in [-0.3, -0.25) is 4.79 Å². The van der Waals surface area contributed by atoms with Crippen molar-refractivity contribution in [2.24, 2.45) is 5.92 Å². The first-order chi connectivity index (χ1) is 10.0. The zero-order chi connectivity index (χ0) is 15.4. The highest BCUT2D eigenvalue weighted by Gasteiger charge is 2.22. The van der Waals surface area contributed by atoms with Crippen LogP contribution in [0.4, 0.5) is 14.5 Å². The van der Waals surface area contributed by atoms with Gasteiger partial charge in [0.25, 0.3) is 5.91 Å². The van der Waals surface area contributed by atoms with E-state index in [0.29, 0.717) is 19.0 Å². The summed E-state index contributed by atoms with van der Waals surface area (Å²) in [4.78, 5) is 14.1. The Kier molecular flexibility index (Phi) is 5.15. The van der Waals surface area contributed by atoms with E-state index in [0.717, 1.165) is 37.8 Å². The Morgan fingerprint density at radius 1 is 1.29 bits per heavy atom. The van der Waals surface area contributed by atoms with Gasteiger partial charge in [-0.1, -0.05) is 19.8 Å². The van der Waals surface area contributed by atoms with Gasteiger partial charge in [0.05, 0.1) is 0 Å². The van der Waals surface area contributed by atoms with Crippen molar-refractivity contribution in [2.75, 3.05) is 18.8 Å². The molecule has 116 valence electrons. The second-order valence-corrected chi connectivity index (χ2v) is 5.73. The van der Waals surface area contributed by atoms with Crippen LogP contribution in [0.25, 0.3) is 0 Å². The van der Waals surface area contributed by atoms with E-state index in [1.54, 1.807) is 4.90 Å². The molecule has 1 saturated heterocycles. The molecule has 0 aliphatic carbocycles. The van der Waals surface area contributed by atoms with Crippen LogP contribution in [0.3, 0.4) is 0 Å². The Morgan fingerprint density at radius 3 is 2.57 bits per heavy atom. The van der Waals surface area contributed by atoms with E-state index in [-0.39, 0.29) is 11.5 Å². The van der Waals surface area contributed by atoms with Crippen molar-refractivity contribution < 1.29 is 13.6 Å². The highest BCUT2D eigenvalue weighted by atomic mass is 19.1. The monoisotopic (exact) mass is 296 g/mol. The zero-order valence-corrected chi connectivity index (χ0v) is 12.4. The number of amides is 1. The molecule has 1 aliphatic rings. The summed E-state index contributed by atoms with van der Waals surface area (Å²) in [6.07, 6.45) is 5.33. The number of anilines is 1. The van der Waals surface area contributed by atoms with Gasteiger partial charge in [-0.25, -0.2) is 8.78 Å². The molecule has 0 saturated carbocycles. The quantitative estimate of drug-likeness (QED) is 0.866. The molecule has 1 atom stereocenters. The van der Waals surface area contributed by atoms with Crippen LogP contribution < -0.4 is 5.73 Å².